The molecular weight excluding hydrogens is 452 g/mol. The highest BCUT2D eigenvalue weighted by Crippen LogP contribution is 2.29. The molecule has 2 aromatic heterocycles. The Balaban J connectivity index is 1.44. The van der Waals surface area contributed by atoms with Crippen LogP contribution in [0.15, 0.2) is 36.4 Å². The van der Waals surface area contributed by atoms with Crippen molar-refractivity contribution < 1.29 is 9.59 Å². The van der Waals surface area contributed by atoms with E-state index in [0.717, 1.165) is 54.0 Å². The summed E-state index contributed by atoms with van der Waals surface area (Å²) in [5, 5.41) is 11.8. The molecule has 192 valence electrons. The van der Waals surface area contributed by atoms with Crippen molar-refractivity contribution in [1.82, 2.24) is 25.0 Å². The Morgan fingerprint density at radius 3 is 2.39 bits per heavy atom. The summed E-state index contributed by atoms with van der Waals surface area (Å²) in [4.78, 5) is 33.0. The molecule has 2 amide bonds. The van der Waals surface area contributed by atoms with E-state index in [2.05, 4.69) is 50.2 Å². The molecule has 8 heteroatoms. The monoisotopic (exact) mass is 490 g/mol. The van der Waals surface area contributed by atoms with Gasteiger partial charge < -0.3 is 10.6 Å². The molecule has 3 aromatic rings. The largest absolute Gasteiger partial charge is 0.349 e. The number of benzene rings is 1. The van der Waals surface area contributed by atoms with Crippen LogP contribution in [0.1, 0.15) is 75.1 Å². The number of carbonyl (C=O) groups excluding carboxylic acids is 2. The summed E-state index contributed by atoms with van der Waals surface area (Å²) in [6.45, 7) is 14.3. The normalized spacial score (nSPS) is 15.4. The maximum absolute atomic E-state index is 13.5. The molecular formula is C28H38N6O2. The van der Waals surface area contributed by atoms with Gasteiger partial charge in [0.2, 0.25) is 5.91 Å². The van der Waals surface area contributed by atoms with Gasteiger partial charge >= 0.3 is 0 Å². The van der Waals surface area contributed by atoms with Crippen LogP contribution < -0.4 is 10.6 Å². The fourth-order valence-electron chi connectivity index (χ4n) is 4.67. The first-order chi connectivity index (χ1) is 17.0. The van der Waals surface area contributed by atoms with E-state index in [1.54, 1.807) is 0 Å². The molecule has 0 unspecified atom stereocenters. The van der Waals surface area contributed by atoms with E-state index in [1.165, 1.54) is 0 Å². The molecule has 2 N–H and O–H groups in total. The van der Waals surface area contributed by atoms with Crippen LogP contribution in [0.4, 0.5) is 5.69 Å². The average molecular weight is 491 g/mol. The number of carbonyl (C=O) groups is 2. The number of pyridine rings is 1. The molecule has 8 nitrogen and oxygen atoms in total. The van der Waals surface area contributed by atoms with Crippen molar-refractivity contribution in [3.8, 4) is 0 Å². The van der Waals surface area contributed by atoms with Crippen LogP contribution in [0.2, 0.25) is 0 Å². The van der Waals surface area contributed by atoms with Gasteiger partial charge in [-0.25, -0.2) is 9.67 Å². The quantitative estimate of drug-likeness (QED) is 0.533. The van der Waals surface area contributed by atoms with Crippen molar-refractivity contribution in [2.24, 2.45) is 0 Å². The summed E-state index contributed by atoms with van der Waals surface area (Å²) >= 11 is 0. The number of anilines is 1. The Labute approximate surface area is 213 Å². The minimum absolute atomic E-state index is 0.0181. The Morgan fingerprint density at radius 2 is 1.78 bits per heavy atom. The molecule has 1 aliphatic rings. The maximum Gasteiger partial charge on any atom is 0.252 e. The van der Waals surface area contributed by atoms with Crippen molar-refractivity contribution in [2.45, 2.75) is 71.9 Å². The standard InChI is InChI=1S/C28H38N6O2/c1-18(2)23-16-22(25-19(3)32-34(26(25)31-23)28(4,5)6)27(36)30-21-12-14-33(15-13-21)17-24(35)29-20-10-8-7-9-11-20/h7-11,16,18,21H,12-15,17H2,1-6H3,(H,29,35)(H,30,36). The topological polar surface area (TPSA) is 92.2 Å². The van der Waals surface area contributed by atoms with E-state index in [0.29, 0.717) is 12.1 Å². The second kappa shape index (κ2) is 10.4. The van der Waals surface area contributed by atoms with E-state index < -0.39 is 0 Å². The number of piperidine rings is 1. The molecule has 1 aliphatic heterocycles. The third kappa shape index (κ3) is 5.75. The second-order valence-corrected chi connectivity index (χ2v) is 11.1. The van der Waals surface area contributed by atoms with Gasteiger partial charge in [0.1, 0.15) is 0 Å². The second-order valence-electron chi connectivity index (χ2n) is 11.1. The summed E-state index contributed by atoms with van der Waals surface area (Å²) in [5.74, 6) is 0.0892. The summed E-state index contributed by atoms with van der Waals surface area (Å²) in [6.07, 6.45) is 1.60. The number of nitrogens with one attached hydrogen (secondary N) is 2. The van der Waals surface area contributed by atoms with Gasteiger partial charge in [-0.15, -0.1) is 0 Å². The fraction of sp³-hybridized carbons (Fsp3) is 0.500. The van der Waals surface area contributed by atoms with Crippen molar-refractivity contribution in [3.05, 3.63) is 53.3 Å². The summed E-state index contributed by atoms with van der Waals surface area (Å²) in [6, 6.07) is 11.5. The highest BCUT2D eigenvalue weighted by atomic mass is 16.2. The first-order valence-electron chi connectivity index (χ1n) is 12.8. The van der Waals surface area contributed by atoms with Crippen molar-refractivity contribution >= 4 is 28.5 Å². The number of rotatable bonds is 6. The highest BCUT2D eigenvalue weighted by molar-refractivity contribution is 6.06. The van der Waals surface area contributed by atoms with Gasteiger partial charge in [-0.1, -0.05) is 32.0 Å². The summed E-state index contributed by atoms with van der Waals surface area (Å²) in [7, 11) is 0. The lowest BCUT2D eigenvalue weighted by atomic mass is 10.0. The van der Waals surface area contributed by atoms with Crippen LogP contribution in [0.5, 0.6) is 0 Å². The molecule has 36 heavy (non-hydrogen) atoms. The van der Waals surface area contributed by atoms with Gasteiger partial charge in [-0.05, 0) is 64.7 Å². The van der Waals surface area contributed by atoms with Gasteiger partial charge in [0.25, 0.3) is 5.91 Å². The Morgan fingerprint density at radius 1 is 1.11 bits per heavy atom. The number of fused-ring (bicyclic) bond motifs is 1. The maximum atomic E-state index is 13.5. The fourth-order valence-corrected chi connectivity index (χ4v) is 4.67. The van der Waals surface area contributed by atoms with Crippen LogP contribution >= 0.6 is 0 Å². The van der Waals surface area contributed by atoms with Gasteiger partial charge in [0.15, 0.2) is 5.65 Å². The van der Waals surface area contributed by atoms with Gasteiger partial charge in [-0.3, -0.25) is 14.5 Å². The van der Waals surface area contributed by atoms with Crippen LogP contribution in [-0.2, 0) is 10.3 Å². The van der Waals surface area contributed by atoms with Crippen molar-refractivity contribution in [3.63, 3.8) is 0 Å². The predicted octanol–water partition coefficient (Wildman–Crippen LogP) is 4.45. The van der Waals surface area contributed by atoms with Crippen molar-refractivity contribution in [1.29, 1.82) is 0 Å². The van der Waals surface area contributed by atoms with Gasteiger partial charge in [0, 0.05) is 30.5 Å². The third-order valence-electron chi connectivity index (χ3n) is 6.65. The lowest BCUT2D eigenvalue weighted by molar-refractivity contribution is -0.117. The first kappa shape index (κ1) is 25.8. The number of aromatic nitrogens is 3. The Kier molecular flexibility index (Phi) is 7.45. The number of nitrogens with zero attached hydrogens (tertiary/aromatic N) is 4. The highest BCUT2D eigenvalue weighted by Gasteiger charge is 2.27. The summed E-state index contributed by atoms with van der Waals surface area (Å²) < 4.78 is 1.93. The molecule has 0 spiro atoms. The minimum Gasteiger partial charge on any atom is -0.349 e. The number of hydrogen-bond donors (Lipinski definition) is 2. The number of para-hydroxylation sites is 1. The molecule has 1 fully saturated rings. The number of amides is 2. The molecule has 0 saturated carbocycles. The minimum atomic E-state index is -0.248. The zero-order valence-electron chi connectivity index (χ0n) is 22.3. The molecule has 0 radical (unpaired) electrons. The number of hydrogen-bond acceptors (Lipinski definition) is 5. The van der Waals surface area contributed by atoms with E-state index in [4.69, 9.17) is 10.1 Å². The van der Waals surface area contributed by atoms with Crippen molar-refractivity contribution in [2.75, 3.05) is 25.0 Å². The average Bonchev–Trinajstić information content (AvgIpc) is 3.17. The lowest BCUT2D eigenvalue weighted by Gasteiger charge is -2.32. The smallest absolute Gasteiger partial charge is 0.252 e. The Bertz CT molecular complexity index is 1230. The molecule has 0 bridgehead atoms. The predicted molar refractivity (Wildman–Crippen MR) is 143 cm³/mol. The lowest BCUT2D eigenvalue weighted by Crippen LogP contribution is -2.46. The zero-order valence-corrected chi connectivity index (χ0v) is 22.3. The molecule has 0 atom stereocenters. The Hall–Kier alpha value is -3.26. The van der Waals surface area contributed by atoms with Crippen LogP contribution in [-0.4, -0.2) is 57.2 Å². The van der Waals surface area contributed by atoms with E-state index in [9.17, 15) is 9.59 Å². The molecule has 4 rings (SSSR count). The SMILES string of the molecule is Cc1nn(C(C)(C)C)c2nc(C(C)C)cc(C(=O)NC3CCN(CC(=O)Nc4ccccc4)CC3)c12. The zero-order chi connectivity index (χ0) is 26.0. The number of aryl methyl sites for hydroxylation is 1. The number of likely N-dealkylation sites (tertiary alicyclic amines) is 1. The molecule has 1 aromatic carbocycles. The van der Waals surface area contributed by atoms with E-state index in [-0.39, 0.29) is 29.3 Å². The van der Waals surface area contributed by atoms with Gasteiger partial charge in [-0.2, -0.15) is 5.10 Å². The molecule has 3 heterocycles. The van der Waals surface area contributed by atoms with Crippen LogP contribution in [0, 0.1) is 6.92 Å². The van der Waals surface area contributed by atoms with Crippen LogP contribution in [0.3, 0.4) is 0 Å². The van der Waals surface area contributed by atoms with E-state index in [1.807, 2.05) is 48.0 Å². The first-order valence-corrected chi connectivity index (χ1v) is 12.8. The van der Waals surface area contributed by atoms with Gasteiger partial charge in [0.05, 0.1) is 28.7 Å². The van der Waals surface area contributed by atoms with E-state index >= 15 is 0 Å². The molecule has 1 saturated heterocycles. The summed E-state index contributed by atoms with van der Waals surface area (Å²) in [5.41, 5.74) is 3.66. The third-order valence-corrected chi connectivity index (χ3v) is 6.65. The molecule has 0 aliphatic carbocycles. The van der Waals surface area contributed by atoms with Crippen LogP contribution in [0.25, 0.3) is 11.0 Å².